The molecule has 94 valence electrons. The first kappa shape index (κ1) is 13.4. The van der Waals surface area contributed by atoms with Gasteiger partial charge in [0.2, 0.25) is 5.88 Å². The number of ether oxygens (including phenoxy) is 1. The number of carboxylic acids is 1. The van der Waals surface area contributed by atoms with Gasteiger partial charge in [0.1, 0.15) is 5.69 Å². The molecule has 0 aromatic carbocycles. The van der Waals surface area contributed by atoms with Gasteiger partial charge in [-0.2, -0.15) is 0 Å². The normalized spacial score (nSPS) is 13.2. The summed E-state index contributed by atoms with van der Waals surface area (Å²) < 4.78 is 5.41. The number of rotatable bonds is 4. The maximum Gasteiger partial charge on any atom is 0.344 e. The first-order chi connectivity index (χ1) is 7.86. The largest absolute Gasteiger partial charge is 0.479 e. The van der Waals surface area contributed by atoms with Crippen molar-refractivity contribution in [1.82, 2.24) is 9.97 Å². The molecule has 5 heteroatoms. The number of carboxylic acid groups (broad SMARTS) is 1. The lowest BCUT2D eigenvalue weighted by Gasteiger charge is -2.21. The van der Waals surface area contributed by atoms with E-state index in [9.17, 15) is 4.79 Å². The van der Waals surface area contributed by atoms with Crippen molar-refractivity contribution < 1.29 is 14.6 Å². The van der Waals surface area contributed by atoms with Crippen molar-refractivity contribution in [3.63, 3.8) is 0 Å². The zero-order valence-electron chi connectivity index (χ0n) is 10.6. The summed E-state index contributed by atoms with van der Waals surface area (Å²) in [4.78, 5) is 19.2. The van der Waals surface area contributed by atoms with Crippen LogP contribution in [0, 0.1) is 0 Å². The molecule has 1 atom stereocenters. The molecule has 0 saturated heterocycles. The van der Waals surface area contributed by atoms with E-state index in [1.165, 1.54) is 6.20 Å². The van der Waals surface area contributed by atoms with Crippen LogP contribution in [0.3, 0.4) is 0 Å². The predicted octanol–water partition coefficient (Wildman–Crippen LogP) is 2.02. The van der Waals surface area contributed by atoms with Crippen LogP contribution < -0.4 is 4.74 Å². The molecule has 0 spiro atoms. The first-order valence-electron chi connectivity index (χ1n) is 5.57. The SMILES string of the molecule is CCC(Oc1nccnc1C(C)(C)C)C(=O)O. The Hall–Kier alpha value is -1.65. The van der Waals surface area contributed by atoms with Gasteiger partial charge >= 0.3 is 5.97 Å². The topological polar surface area (TPSA) is 72.3 Å². The molecule has 5 nitrogen and oxygen atoms in total. The van der Waals surface area contributed by atoms with Crippen molar-refractivity contribution in [2.75, 3.05) is 0 Å². The minimum Gasteiger partial charge on any atom is -0.479 e. The third-order valence-electron chi connectivity index (χ3n) is 2.28. The Morgan fingerprint density at radius 3 is 2.47 bits per heavy atom. The van der Waals surface area contributed by atoms with Crippen LogP contribution >= 0.6 is 0 Å². The third-order valence-corrected chi connectivity index (χ3v) is 2.28. The van der Waals surface area contributed by atoms with Crippen LogP contribution in [0.4, 0.5) is 0 Å². The molecule has 17 heavy (non-hydrogen) atoms. The van der Waals surface area contributed by atoms with Gasteiger partial charge in [0, 0.05) is 17.8 Å². The van der Waals surface area contributed by atoms with Gasteiger partial charge in [0.25, 0.3) is 0 Å². The molecule has 0 bridgehead atoms. The lowest BCUT2D eigenvalue weighted by molar-refractivity contribution is -0.145. The summed E-state index contributed by atoms with van der Waals surface area (Å²) in [6.45, 7) is 7.69. The van der Waals surface area contributed by atoms with E-state index >= 15 is 0 Å². The Kier molecular flexibility index (Phi) is 4.04. The second-order valence-electron chi connectivity index (χ2n) is 4.81. The molecule has 0 saturated carbocycles. The number of aliphatic carboxylic acids is 1. The zero-order chi connectivity index (χ0) is 13.1. The van der Waals surface area contributed by atoms with Gasteiger partial charge in [-0.05, 0) is 6.42 Å². The molecule has 1 aromatic heterocycles. The Morgan fingerprint density at radius 2 is 2.00 bits per heavy atom. The van der Waals surface area contributed by atoms with E-state index in [4.69, 9.17) is 9.84 Å². The van der Waals surface area contributed by atoms with Crippen molar-refractivity contribution in [1.29, 1.82) is 0 Å². The van der Waals surface area contributed by atoms with Crippen LogP contribution in [0.2, 0.25) is 0 Å². The van der Waals surface area contributed by atoms with E-state index in [0.29, 0.717) is 18.0 Å². The summed E-state index contributed by atoms with van der Waals surface area (Å²) in [6.07, 6.45) is 2.58. The summed E-state index contributed by atoms with van der Waals surface area (Å²) in [7, 11) is 0. The van der Waals surface area contributed by atoms with Crippen molar-refractivity contribution in [2.24, 2.45) is 0 Å². The fourth-order valence-corrected chi connectivity index (χ4v) is 1.37. The van der Waals surface area contributed by atoms with Crippen molar-refractivity contribution in [3.05, 3.63) is 18.1 Å². The van der Waals surface area contributed by atoms with Crippen LogP contribution in [-0.4, -0.2) is 27.1 Å². The highest BCUT2D eigenvalue weighted by Crippen LogP contribution is 2.27. The molecule has 0 amide bonds. The average molecular weight is 238 g/mol. The Bertz CT molecular complexity index is 399. The maximum atomic E-state index is 10.9. The third kappa shape index (κ3) is 3.41. The summed E-state index contributed by atoms with van der Waals surface area (Å²) in [5.74, 6) is -0.688. The van der Waals surface area contributed by atoms with Gasteiger partial charge in [-0.3, -0.25) is 4.98 Å². The monoisotopic (exact) mass is 238 g/mol. The molecule has 1 rings (SSSR count). The smallest absolute Gasteiger partial charge is 0.344 e. The van der Waals surface area contributed by atoms with Gasteiger partial charge in [0.05, 0.1) is 0 Å². The number of carbonyl (C=O) groups is 1. The maximum absolute atomic E-state index is 10.9. The van der Waals surface area contributed by atoms with Crippen LogP contribution in [0.25, 0.3) is 0 Å². The van der Waals surface area contributed by atoms with Crippen LogP contribution in [0.15, 0.2) is 12.4 Å². The molecular formula is C12H18N2O3. The fraction of sp³-hybridized carbons (Fsp3) is 0.583. The Labute approximate surface area is 101 Å². The molecule has 1 aromatic rings. The second kappa shape index (κ2) is 5.12. The minimum absolute atomic E-state index is 0.236. The van der Waals surface area contributed by atoms with Gasteiger partial charge in [0.15, 0.2) is 6.10 Å². The van der Waals surface area contributed by atoms with E-state index in [0.717, 1.165) is 0 Å². The Balaban J connectivity index is 3.02. The van der Waals surface area contributed by atoms with Crippen molar-refractivity contribution in [2.45, 2.75) is 45.6 Å². The second-order valence-corrected chi connectivity index (χ2v) is 4.81. The minimum atomic E-state index is -0.988. The lowest BCUT2D eigenvalue weighted by atomic mass is 9.92. The summed E-state index contributed by atoms with van der Waals surface area (Å²) in [5, 5.41) is 8.96. The number of hydrogen-bond acceptors (Lipinski definition) is 4. The van der Waals surface area contributed by atoms with Crippen molar-refractivity contribution >= 4 is 5.97 Å². The van der Waals surface area contributed by atoms with Gasteiger partial charge in [-0.1, -0.05) is 27.7 Å². The van der Waals surface area contributed by atoms with Crippen molar-refractivity contribution in [3.8, 4) is 5.88 Å². The van der Waals surface area contributed by atoms with E-state index in [1.807, 2.05) is 20.8 Å². The zero-order valence-corrected chi connectivity index (χ0v) is 10.6. The van der Waals surface area contributed by atoms with Crippen LogP contribution in [0.5, 0.6) is 5.88 Å². The van der Waals surface area contributed by atoms with Gasteiger partial charge < -0.3 is 9.84 Å². The van der Waals surface area contributed by atoms with E-state index < -0.39 is 12.1 Å². The van der Waals surface area contributed by atoms with Crippen LogP contribution in [-0.2, 0) is 10.2 Å². The number of nitrogens with zero attached hydrogens (tertiary/aromatic N) is 2. The molecule has 0 aliphatic rings. The Morgan fingerprint density at radius 1 is 1.41 bits per heavy atom. The van der Waals surface area contributed by atoms with Crippen LogP contribution in [0.1, 0.15) is 39.8 Å². The summed E-state index contributed by atoms with van der Waals surface area (Å²) in [6, 6.07) is 0. The van der Waals surface area contributed by atoms with E-state index in [2.05, 4.69) is 9.97 Å². The average Bonchev–Trinajstić information content (AvgIpc) is 2.24. The highest BCUT2D eigenvalue weighted by Gasteiger charge is 2.25. The standard InChI is InChI=1S/C12H18N2O3/c1-5-8(11(15)16)17-10-9(12(2,3)4)13-6-7-14-10/h6-8H,5H2,1-4H3,(H,15,16). The summed E-state index contributed by atoms with van der Waals surface area (Å²) in [5.41, 5.74) is 0.431. The highest BCUT2D eigenvalue weighted by atomic mass is 16.5. The molecule has 0 aliphatic carbocycles. The quantitative estimate of drug-likeness (QED) is 0.868. The molecule has 0 aliphatic heterocycles. The lowest BCUT2D eigenvalue weighted by Crippen LogP contribution is -2.28. The number of aromatic nitrogens is 2. The molecule has 1 heterocycles. The molecular weight excluding hydrogens is 220 g/mol. The highest BCUT2D eigenvalue weighted by molar-refractivity contribution is 5.72. The molecule has 1 unspecified atom stereocenters. The molecule has 1 N–H and O–H groups in total. The molecule has 0 radical (unpaired) electrons. The van der Waals surface area contributed by atoms with Gasteiger partial charge in [-0.25, -0.2) is 9.78 Å². The summed E-state index contributed by atoms with van der Waals surface area (Å²) >= 11 is 0. The fourth-order valence-electron chi connectivity index (χ4n) is 1.37. The molecule has 0 fully saturated rings. The predicted molar refractivity (Wildman–Crippen MR) is 63.1 cm³/mol. The van der Waals surface area contributed by atoms with E-state index in [1.54, 1.807) is 13.1 Å². The van der Waals surface area contributed by atoms with Gasteiger partial charge in [-0.15, -0.1) is 0 Å². The van der Waals surface area contributed by atoms with E-state index in [-0.39, 0.29) is 5.41 Å². The number of hydrogen-bond donors (Lipinski definition) is 1. The first-order valence-corrected chi connectivity index (χ1v) is 5.57.